The maximum Gasteiger partial charge on any atom is 0.278 e. The number of benzene rings is 2. The number of nitrogens with zero attached hydrogens (tertiary/aromatic N) is 4. The van der Waals surface area contributed by atoms with E-state index in [0.717, 1.165) is 28.1 Å². The fraction of sp³-hybridized carbons (Fsp3) is 0.250. The van der Waals surface area contributed by atoms with E-state index in [4.69, 9.17) is 16.7 Å². The summed E-state index contributed by atoms with van der Waals surface area (Å²) >= 11 is 6.22. The van der Waals surface area contributed by atoms with Crippen molar-refractivity contribution in [3.63, 3.8) is 0 Å². The summed E-state index contributed by atoms with van der Waals surface area (Å²) < 4.78 is 1.70. The average molecular weight is 434 g/mol. The van der Waals surface area contributed by atoms with Gasteiger partial charge in [0.1, 0.15) is 0 Å². The molecule has 2 aromatic heterocycles. The molecule has 158 valence electrons. The van der Waals surface area contributed by atoms with Crippen LogP contribution in [-0.2, 0) is 0 Å². The quantitative estimate of drug-likeness (QED) is 0.445. The zero-order valence-corrected chi connectivity index (χ0v) is 18.9. The largest absolute Gasteiger partial charge is 0.321 e. The first kappa shape index (κ1) is 21.0. The van der Waals surface area contributed by atoms with Crippen molar-refractivity contribution >= 4 is 28.8 Å². The van der Waals surface area contributed by atoms with E-state index in [-0.39, 0.29) is 17.5 Å². The minimum atomic E-state index is -0.318. The number of hydrogen-bond donors (Lipinski definition) is 1. The smallest absolute Gasteiger partial charge is 0.278 e. The van der Waals surface area contributed by atoms with Gasteiger partial charge in [0.2, 0.25) is 0 Å². The Morgan fingerprint density at radius 3 is 2.48 bits per heavy atom. The first-order valence-electron chi connectivity index (χ1n) is 10.2. The molecule has 1 N–H and O–H groups in total. The van der Waals surface area contributed by atoms with Gasteiger partial charge in [0.25, 0.3) is 5.91 Å². The number of rotatable bonds is 4. The van der Waals surface area contributed by atoms with E-state index in [1.165, 1.54) is 5.56 Å². The SMILES string of the molecule is Cc1ccc(NC(=O)c2nnc3c(-c4cccc(Cl)c4)c(C(C)C)nn3c2C)cc1C. The van der Waals surface area contributed by atoms with Crippen molar-refractivity contribution in [3.05, 3.63) is 75.7 Å². The molecule has 1 amide bonds. The Balaban J connectivity index is 1.80. The Hall–Kier alpha value is -3.25. The van der Waals surface area contributed by atoms with E-state index in [2.05, 4.69) is 29.4 Å². The van der Waals surface area contributed by atoms with Gasteiger partial charge < -0.3 is 5.32 Å². The highest BCUT2D eigenvalue weighted by Crippen LogP contribution is 2.33. The van der Waals surface area contributed by atoms with Crippen LogP contribution in [0.4, 0.5) is 5.69 Å². The fourth-order valence-electron chi connectivity index (χ4n) is 3.57. The molecule has 0 fully saturated rings. The van der Waals surface area contributed by atoms with Crippen molar-refractivity contribution in [3.8, 4) is 11.1 Å². The van der Waals surface area contributed by atoms with Crippen LogP contribution in [-0.4, -0.2) is 25.7 Å². The molecule has 0 saturated heterocycles. The molecule has 0 atom stereocenters. The van der Waals surface area contributed by atoms with Crippen molar-refractivity contribution in [2.75, 3.05) is 5.32 Å². The molecule has 0 bridgehead atoms. The highest BCUT2D eigenvalue weighted by molar-refractivity contribution is 6.30. The van der Waals surface area contributed by atoms with Crippen LogP contribution in [0.25, 0.3) is 16.8 Å². The molecule has 7 heteroatoms. The molecule has 0 spiro atoms. The number of carbonyl (C=O) groups is 1. The van der Waals surface area contributed by atoms with E-state index in [0.29, 0.717) is 16.4 Å². The first-order chi connectivity index (χ1) is 14.8. The van der Waals surface area contributed by atoms with Gasteiger partial charge in [0.15, 0.2) is 11.3 Å². The first-order valence-corrected chi connectivity index (χ1v) is 10.5. The molecule has 31 heavy (non-hydrogen) atoms. The number of carbonyl (C=O) groups excluding carboxylic acids is 1. The number of amides is 1. The van der Waals surface area contributed by atoms with Gasteiger partial charge in [-0.25, -0.2) is 4.52 Å². The number of fused-ring (bicyclic) bond motifs is 1. The molecule has 4 rings (SSSR count). The van der Waals surface area contributed by atoms with Crippen LogP contribution in [0.15, 0.2) is 42.5 Å². The highest BCUT2D eigenvalue weighted by Gasteiger charge is 2.23. The Kier molecular flexibility index (Phi) is 5.50. The van der Waals surface area contributed by atoms with Crippen molar-refractivity contribution in [1.82, 2.24) is 19.8 Å². The maximum absolute atomic E-state index is 12.9. The standard InChI is InChI=1S/C24H24ClN5O/c1-13(2)21-20(17-7-6-8-18(25)12-17)23-28-27-22(16(5)30(23)29-21)24(31)26-19-10-9-14(3)15(4)11-19/h6-13H,1-5H3,(H,26,31). The molecule has 0 aliphatic heterocycles. The third-order valence-electron chi connectivity index (χ3n) is 5.43. The van der Waals surface area contributed by atoms with Crippen LogP contribution >= 0.6 is 11.6 Å². The number of aromatic nitrogens is 4. The van der Waals surface area contributed by atoms with Crippen LogP contribution in [0, 0.1) is 20.8 Å². The van der Waals surface area contributed by atoms with Gasteiger partial charge >= 0.3 is 0 Å². The second kappa shape index (κ2) is 8.12. The Morgan fingerprint density at radius 1 is 1.03 bits per heavy atom. The predicted octanol–water partition coefficient (Wildman–Crippen LogP) is 5.75. The molecule has 0 unspecified atom stereocenters. The summed E-state index contributed by atoms with van der Waals surface area (Å²) in [4.78, 5) is 12.9. The lowest BCUT2D eigenvalue weighted by Crippen LogP contribution is -2.18. The number of anilines is 1. The van der Waals surface area contributed by atoms with E-state index >= 15 is 0 Å². The van der Waals surface area contributed by atoms with E-state index in [9.17, 15) is 4.79 Å². The zero-order valence-electron chi connectivity index (χ0n) is 18.2. The lowest BCUT2D eigenvalue weighted by molar-refractivity contribution is 0.102. The van der Waals surface area contributed by atoms with Crippen LogP contribution < -0.4 is 5.32 Å². The van der Waals surface area contributed by atoms with Gasteiger partial charge in [-0.3, -0.25) is 4.79 Å². The molecule has 2 heterocycles. The molecule has 0 aliphatic carbocycles. The third-order valence-corrected chi connectivity index (χ3v) is 5.67. The Labute approximate surface area is 186 Å². The van der Waals surface area contributed by atoms with E-state index in [1.807, 2.05) is 63.2 Å². The number of nitrogens with one attached hydrogen (secondary N) is 1. The summed E-state index contributed by atoms with van der Waals surface area (Å²) in [5.41, 5.74) is 7.15. The van der Waals surface area contributed by atoms with Gasteiger partial charge in [-0.15, -0.1) is 10.2 Å². The van der Waals surface area contributed by atoms with E-state index in [1.54, 1.807) is 4.52 Å². The lowest BCUT2D eigenvalue weighted by atomic mass is 9.99. The van der Waals surface area contributed by atoms with Gasteiger partial charge in [-0.05, 0) is 67.6 Å². The van der Waals surface area contributed by atoms with Crippen molar-refractivity contribution < 1.29 is 4.79 Å². The van der Waals surface area contributed by atoms with Gasteiger partial charge in [-0.2, -0.15) is 5.10 Å². The summed E-state index contributed by atoms with van der Waals surface area (Å²) in [5.74, 6) is -0.163. The summed E-state index contributed by atoms with van der Waals surface area (Å²) in [5, 5.41) is 17.0. The number of aryl methyl sites for hydroxylation is 3. The highest BCUT2D eigenvalue weighted by atomic mass is 35.5. The second-order valence-electron chi connectivity index (χ2n) is 8.05. The summed E-state index contributed by atoms with van der Waals surface area (Å²) in [6.45, 7) is 10.0. The molecule has 0 aliphatic rings. The van der Waals surface area contributed by atoms with Crippen LogP contribution in [0.5, 0.6) is 0 Å². The molecular formula is C24H24ClN5O. The number of halogens is 1. The van der Waals surface area contributed by atoms with Crippen molar-refractivity contribution in [1.29, 1.82) is 0 Å². The topological polar surface area (TPSA) is 72.2 Å². The van der Waals surface area contributed by atoms with Gasteiger partial charge in [0.05, 0.1) is 17.0 Å². The normalized spacial score (nSPS) is 11.3. The van der Waals surface area contributed by atoms with Crippen LogP contribution in [0.2, 0.25) is 5.02 Å². The Morgan fingerprint density at radius 2 is 1.81 bits per heavy atom. The zero-order chi connectivity index (χ0) is 22.3. The van der Waals surface area contributed by atoms with Crippen molar-refractivity contribution in [2.24, 2.45) is 0 Å². The molecule has 4 aromatic rings. The average Bonchev–Trinajstić information content (AvgIpc) is 3.12. The second-order valence-corrected chi connectivity index (χ2v) is 8.48. The van der Waals surface area contributed by atoms with Crippen LogP contribution in [0.1, 0.15) is 52.8 Å². The monoisotopic (exact) mass is 433 g/mol. The molecular weight excluding hydrogens is 410 g/mol. The van der Waals surface area contributed by atoms with Crippen LogP contribution in [0.3, 0.4) is 0 Å². The summed E-state index contributed by atoms with van der Waals surface area (Å²) in [6, 6.07) is 13.4. The minimum absolute atomic E-state index is 0.155. The number of hydrogen-bond acceptors (Lipinski definition) is 4. The lowest BCUT2D eigenvalue weighted by Gasteiger charge is -2.09. The van der Waals surface area contributed by atoms with Gasteiger partial charge in [0, 0.05) is 10.7 Å². The fourth-order valence-corrected chi connectivity index (χ4v) is 3.76. The summed E-state index contributed by atoms with van der Waals surface area (Å²) in [6.07, 6.45) is 0. The molecule has 2 aromatic carbocycles. The Bertz CT molecular complexity index is 1310. The van der Waals surface area contributed by atoms with Crippen molar-refractivity contribution in [2.45, 2.75) is 40.5 Å². The molecule has 0 radical (unpaired) electrons. The third kappa shape index (κ3) is 3.91. The molecule has 6 nitrogen and oxygen atoms in total. The molecule has 0 saturated carbocycles. The van der Waals surface area contributed by atoms with Gasteiger partial charge in [-0.1, -0.05) is 43.6 Å². The summed E-state index contributed by atoms with van der Waals surface area (Å²) in [7, 11) is 0. The predicted molar refractivity (Wildman–Crippen MR) is 124 cm³/mol. The minimum Gasteiger partial charge on any atom is -0.321 e. The van der Waals surface area contributed by atoms with E-state index < -0.39 is 0 Å². The maximum atomic E-state index is 12.9.